The predicted molar refractivity (Wildman–Crippen MR) is 53.2 cm³/mol. The molecule has 0 atom stereocenters. The molecule has 1 N–H and O–H groups in total. The van der Waals surface area contributed by atoms with Crippen molar-refractivity contribution in [3.05, 3.63) is 12.7 Å². The van der Waals surface area contributed by atoms with Crippen LogP contribution in [-0.4, -0.2) is 48.3 Å². The van der Waals surface area contributed by atoms with Crippen LogP contribution in [0.25, 0.3) is 0 Å². The normalized spacial score (nSPS) is 25.9. The molecule has 0 spiro atoms. The van der Waals surface area contributed by atoms with Crippen LogP contribution in [0, 0.1) is 0 Å². The molecule has 14 heavy (non-hydrogen) atoms. The van der Waals surface area contributed by atoms with E-state index in [0.717, 1.165) is 12.8 Å². The maximum absolute atomic E-state index is 10.6. The molecule has 0 aromatic rings. The Kier molecular flexibility index (Phi) is 4.10. The summed E-state index contributed by atoms with van der Waals surface area (Å²) in [4.78, 5) is 12.5. The molecule has 0 heterocycles. The van der Waals surface area contributed by atoms with Crippen molar-refractivity contribution in [1.29, 1.82) is 0 Å². The number of aliphatic carboxylic acids is 1. The van der Waals surface area contributed by atoms with Gasteiger partial charge in [-0.1, -0.05) is 6.08 Å². The van der Waals surface area contributed by atoms with Gasteiger partial charge in [0.25, 0.3) is 0 Å². The van der Waals surface area contributed by atoms with Crippen molar-refractivity contribution in [2.75, 3.05) is 20.2 Å². The van der Waals surface area contributed by atoms with Gasteiger partial charge in [-0.2, -0.15) is 0 Å². The van der Waals surface area contributed by atoms with Crippen molar-refractivity contribution in [3.8, 4) is 0 Å². The fraction of sp³-hybridized carbons (Fsp3) is 0.700. The fourth-order valence-electron chi connectivity index (χ4n) is 1.71. The largest absolute Gasteiger partial charge is 0.480 e. The Morgan fingerprint density at radius 3 is 2.79 bits per heavy atom. The van der Waals surface area contributed by atoms with Crippen molar-refractivity contribution >= 4 is 5.97 Å². The number of carboxylic acids is 1. The molecule has 0 aliphatic heterocycles. The Morgan fingerprint density at radius 1 is 1.71 bits per heavy atom. The maximum atomic E-state index is 10.6. The predicted octanol–water partition coefficient (Wildman–Crippen LogP) is 0.736. The molecule has 0 aromatic carbocycles. The zero-order valence-electron chi connectivity index (χ0n) is 8.48. The zero-order chi connectivity index (χ0) is 10.6. The Bertz CT molecular complexity index is 211. The number of hydrogen-bond acceptors (Lipinski definition) is 3. The molecule has 0 unspecified atom stereocenters. The second kappa shape index (κ2) is 5.12. The molecule has 1 aliphatic carbocycles. The Balaban J connectivity index is 2.36. The third-order valence-electron chi connectivity index (χ3n) is 2.62. The molecule has 0 saturated heterocycles. The first kappa shape index (κ1) is 11.2. The van der Waals surface area contributed by atoms with Crippen LogP contribution in [-0.2, 0) is 9.53 Å². The monoisotopic (exact) mass is 199 g/mol. The summed E-state index contributed by atoms with van der Waals surface area (Å²) in [6.07, 6.45) is 3.90. The van der Waals surface area contributed by atoms with Crippen LogP contribution in [0.4, 0.5) is 0 Å². The Labute approximate surface area is 84.2 Å². The minimum Gasteiger partial charge on any atom is -0.480 e. The molecular formula is C10H17NO3. The van der Waals surface area contributed by atoms with Crippen LogP contribution in [0.3, 0.4) is 0 Å². The van der Waals surface area contributed by atoms with E-state index in [0.29, 0.717) is 18.7 Å². The number of methoxy groups -OCH3 is 1. The smallest absolute Gasteiger partial charge is 0.317 e. The second-order valence-corrected chi connectivity index (χ2v) is 3.59. The molecule has 1 saturated carbocycles. The summed E-state index contributed by atoms with van der Waals surface area (Å²) in [7, 11) is 1.69. The summed E-state index contributed by atoms with van der Waals surface area (Å²) in [5.74, 6) is -0.785. The number of ether oxygens (including phenoxy) is 1. The van der Waals surface area contributed by atoms with E-state index in [1.807, 2.05) is 4.90 Å². The third-order valence-corrected chi connectivity index (χ3v) is 2.62. The van der Waals surface area contributed by atoms with Gasteiger partial charge >= 0.3 is 5.97 Å². The number of carbonyl (C=O) groups is 1. The standard InChI is InChI=1S/C10H17NO3/c1-3-4-11(7-10(12)13)8-5-9(6-8)14-2/h3,8-9H,1,4-7H2,2H3,(H,12,13). The van der Waals surface area contributed by atoms with Gasteiger partial charge in [-0.15, -0.1) is 6.58 Å². The third kappa shape index (κ3) is 2.82. The van der Waals surface area contributed by atoms with E-state index < -0.39 is 5.97 Å². The zero-order valence-corrected chi connectivity index (χ0v) is 8.48. The van der Waals surface area contributed by atoms with E-state index in [4.69, 9.17) is 9.84 Å². The summed E-state index contributed by atoms with van der Waals surface area (Å²) in [6.45, 7) is 4.34. The SMILES string of the molecule is C=CCN(CC(=O)O)C1CC(OC)C1. The minimum absolute atomic E-state index is 0.0904. The molecule has 1 fully saturated rings. The Morgan fingerprint density at radius 2 is 2.36 bits per heavy atom. The van der Waals surface area contributed by atoms with E-state index >= 15 is 0 Å². The van der Waals surface area contributed by atoms with Gasteiger partial charge in [-0.3, -0.25) is 9.69 Å². The molecular weight excluding hydrogens is 182 g/mol. The van der Waals surface area contributed by atoms with Crippen LogP contribution < -0.4 is 0 Å². The number of carboxylic acid groups (broad SMARTS) is 1. The van der Waals surface area contributed by atoms with Crippen molar-refractivity contribution < 1.29 is 14.6 Å². The average Bonchev–Trinajstić information content (AvgIpc) is 2.01. The molecule has 4 nitrogen and oxygen atoms in total. The van der Waals surface area contributed by atoms with Crippen LogP contribution in [0.1, 0.15) is 12.8 Å². The number of rotatable bonds is 6. The summed E-state index contributed by atoms with van der Waals surface area (Å²) < 4.78 is 5.15. The van der Waals surface area contributed by atoms with E-state index in [9.17, 15) is 4.79 Å². The van der Waals surface area contributed by atoms with Gasteiger partial charge in [0.15, 0.2) is 0 Å². The summed E-state index contributed by atoms with van der Waals surface area (Å²) in [6, 6.07) is 0.342. The lowest BCUT2D eigenvalue weighted by molar-refractivity contribution is -0.140. The van der Waals surface area contributed by atoms with Gasteiger partial charge in [-0.05, 0) is 12.8 Å². The minimum atomic E-state index is -0.785. The van der Waals surface area contributed by atoms with E-state index in [2.05, 4.69) is 6.58 Å². The highest BCUT2D eigenvalue weighted by Gasteiger charge is 2.33. The van der Waals surface area contributed by atoms with Gasteiger partial charge in [0.1, 0.15) is 0 Å². The molecule has 80 valence electrons. The van der Waals surface area contributed by atoms with Gasteiger partial charge in [0.2, 0.25) is 0 Å². The molecule has 0 amide bonds. The first-order valence-electron chi connectivity index (χ1n) is 4.77. The van der Waals surface area contributed by atoms with Crippen LogP contribution >= 0.6 is 0 Å². The molecule has 1 rings (SSSR count). The van der Waals surface area contributed by atoms with Crippen molar-refractivity contribution in [2.24, 2.45) is 0 Å². The highest BCUT2D eigenvalue weighted by Crippen LogP contribution is 2.27. The average molecular weight is 199 g/mol. The topological polar surface area (TPSA) is 49.8 Å². The lowest BCUT2D eigenvalue weighted by Crippen LogP contribution is -2.49. The van der Waals surface area contributed by atoms with Crippen molar-refractivity contribution in [3.63, 3.8) is 0 Å². The van der Waals surface area contributed by atoms with Gasteiger partial charge in [0.05, 0.1) is 12.6 Å². The van der Waals surface area contributed by atoms with Crippen molar-refractivity contribution in [1.82, 2.24) is 4.90 Å². The maximum Gasteiger partial charge on any atom is 0.317 e. The van der Waals surface area contributed by atoms with E-state index in [1.54, 1.807) is 13.2 Å². The van der Waals surface area contributed by atoms with Gasteiger partial charge < -0.3 is 9.84 Å². The first-order chi connectivity index (χ1) is 6.67. The molecule has 0 aromatic heterocycles. The summed E-state index contributed by atoms with van der Waals surface area (Å²) in [5, 5.41) is 8.69. The highest BCUT2D eigenvalue weighted by molar-refractivity contribution is 5.69. The lowest BCUT2D eigenvalue weighted by atomic mass is 9.88. The van der Waals surface area contributed by atoms with Crippen LogP contribution in [0.2, 0.25) is 0 Å². The summed E-state index contributed by atoms with van der Waals surface area (Å²) in [5.41, 5.74) is 0. The van der Waals surface area contributed by atoms with E-state index in [1.165, 1.54) is 0 Å². The van der Waals surface area contributed by atoms with Crippen LogP contribution in [0.5, 0.6) is 0 Å². The Hall–Kier alpha value is -0.870. The fourth-order valence-corrected chi connectivity index (χ4v) is 1.71. The highest BCUT2D eigenvalue weighted by atomic mass is 16.5. The lowest BCUT2D eigenvalue weighted by Gasteiger charge is -2.41. The number of hydrogen-bond donors (Lipinski definition) is 1. The molecule has 1 aliphatic rings. The van der Waals surface area contributed by atoms with Gasteiger partial charge in [-0.25, -0.2) is 0 Å². The molecule has 0 radical (unpaired) electrons. The molecule has 0 bridgehead atoms. The van der Waals surface area contributed by atoms with Crippen molar-refractivity contribution in [2.45, 2.75) is 25.0 Å². The molecule has 4 heteroatoms. The summed E-state index contributed by atoms with van der Waals surface area (Å²) >= 11 is 0. The van der Waals surface area contributed by atoms with E-state index in [-0.39, 0.29) is 6.54 Å². The van der Waals surface area contributed by atoms with Crippen LogP contribution in [0.15, 0.2) is 12.7 Å². The first-order valence-corrected chi connectivity index (χ1v) is 4.77. The van der Waals surface area contributed by atoms with Gasteiger partial charge in [0, 0.05) is 19.7 Å². The quantitative estimate of drug-likeness (QED) is 0.641. The number of nitrogens with zero attached hydrogens (tertiary/aromatic N) is 1. The second-order valence-electron chi connectivity index (χ2n) is 3.59.